The molecule has 0 unspecified atom stereocenters. The highest BCUT2D eigenvalue weighted by Crippen LogP contribution is 2.45. The lowest BCUT2D eigenvalue weighted by Gasteiger charge is -2.10. The van der Waals surface area contributed by atoms with Gasteiger partial charge in [-0.15, -0.1) is 0 Å². The van der Waals surface area contributed by atoms with Crippen molar-refractivity contribution in [3.63, 3.8) is 0 Å². The minimum atomic E-state index is -4.78. The van der Waals surface area contributed by atoms with Crippen LogP contribution < -0.4 is 4.74 Å². The summed E-state index contributed by atoms with van der Waals surface area (Å²) in [6, 6.07) is 6.43. The topological polar surface area (TPSA) is 107 Å². The molecule has 1 aromatic carbocycles. The van der Waals surface area contributed by atoms with Crippen LogP contribution in [0.25, 0.3) is 33.8 Å². The molecule has 12 heteroatoms. The Hall–Kier alpha value is -4.35. The Balaban J connectivity index is 1.32. The van der Waals surface area contributed by atoms with Gasteiger partial charge in [-0.1, -0.05) is 24.3 Å². The highest BCUT2D eigenvalue weighted by molar-refractivity contribution is 5.79. The molecule has 1 N–H and O–H groups in total. The van der Waals surface area contributed by atoms with Crippen molar-refractivity contribution in [3.05, 3.63) is 65.6 Å². The maximum absolute atomic E-state index is 13.2. The number of imidazole rings is 1. The number of H-pyrrole nitrogens is 1. The van der Waals surface area contributed by atoms with Crippen molar-refractivity contribution in [2.45, 2.75) is 31.4 Å². The fraction of sp³-hybridized carbons (Fsp3) is 0.280. The first-order valence-corrected chi connectivity index (χ1v) is 11.4. The van der Waals surface area contributed by atoms with Crippen LogP contribution in [0.4, 0.5) is 13.2 Å². The highest BCUT2D eigenvalue weighted by atomic mass is 19.4. The zero-order valence-corrected chi connectivity index (χ0v) is 19.4. The summed E-state index contributed by atoms with van der Waals surface area (Å²) in [6.45, 7) is -2.83. The maximum Gasteiger partial charge on any atom is 0.434 e. The Morgan fingerprint density at radius 2 is 1.95 bits per heavy atom. The van der Waals surface area contributed by atoms with E-state index in [1.807, 2.05) is 0 Å². The Bertz CT molecular complexity index is 1710. The molecule has 4 heterocycles. The first kappa shape index (κ1) is 19.8. The molecule has 9 nitrogen and oxygen atoms in total. The van der Waals surface area contributed by atoms with Crippen molar-refractivity contribution in [2.24, 2.45) is 6.98 Å². The molecule has 1 saturated carbocycles. The second-order valence-electron chi connectivity index (χ2n) is 8.73. The van der Waals surface area contributed by atoms with Gasteiger partial charge in [0, 0.05) is 35.2 Å². The molecule has 1 fully saturated rings. The number of methoxy groups -OCH3 is 1. The lowest BCUT2D eigenvalue weighted by molar-refractivity contribution is -0.140. The number of alkyl halides is 3. The third-order valence-electron chi connectivity index (χ3n) is 6.18. The van der Waals surface area contributed by atoms with E-state index in [1.54, 1.807) is 18.3 Å². The molecule has 0 spiro atoms. The Labute approximate surface area is 213 Å². The molecule has 0 amide bonds. The number of aromatic nitrogens is 8. The van der Waals surface area contributed by atoms with Crippen molar-refractivity contribution >= 4 is 11.0 Å². The van der Waals surface area contributed by atoms with Gasteiger partial charge in [-0.2, -0.15) is 18.3 Å². The summed E-state index contributed by atoms with van der Waals surface area (Å²) < 4.78 is 68.6. The van der Waals surface area contributed by atoms with Crippen molar-refractivity contribution < 1.29 is 22.0 Å². The Kier molecular flexibility index (Phi) is 4.62. The molecule has 188 valence electrons. The molecule has 0 bridgehead atoms. The van der Waals surface area contributed by atoms with Gasteiger partial charge >= 0.3 is 6.18 Å². The van der Waals surface area contributed by atoms with E-state index in [-0.39, 0.29) is 11.4 Å². The van der Waals surface area contributed by atoms with Crippen LogP contribution in [0.5, 0.6) is 5.88 Å². The van der Waals surface area contributed by atoms with Crippen LogP contribution in [-0.2, 0) is 19.6 Å². The number of halogens is 3. The lowest BCUT2D eigenvalue weighted by atomic mass is 10.1. The number of benzene rings is 1. The van der Waals surface area contributed by atoms with E-state index in [0.29, 0.717) is 57.1 Å². The third kappa shape index (κ3) is 4.28. The van der Waals surface area contributed by atoms with Gasteiger partial charge < -0.3 is 9.30 Å². The second kappa shape index (κ2) is 8.64. The van der Waals surface area contributed by atoms with Gasteiger partial charge in [0.25, 0.3) is 0 Å². The number of hydrogen-bond acceptors (Lipinski definition) is 7. The van der Waals surface area contributed by atoms with Crippen LogP contribution in [-0.4, -0.2) is 46.8 Å². The number of nitrogens with zero attached hydrogens (tertiary/aromatic N) is 7. The molecule has 0 saturated heterocycles. The number of nitrogens with one attached hydrogen (secondary N) is 1. The van der Waals surface area contributed by atoms with E-state index < -0.39 is 18.8 Å². The SMILES string of the molecule is [2H]C([2H])([2H])n1cc(C(F)(F)F)nc1-c1ccc(Cc2n[nH]c3cnc(-c4c(OC)ncnc4C4CC4)nc23)cc1. The molecule has 0 radical (unpaired) electrons. The summed E-state index contributed by atoms with van der Waals surface area (Å²) in [4.78, 5) is 21.5. The number of hydrogen-bond donors (Lipinski definition) is 1. The second-order valence-corrected chi connectivity index (χ2v) is 8.73. The molecule has 1 aliphatic carbocycles. The van der Waals surface area contributed by atoms with Crippen LogP contribution >= 0.6 is 0 Å². The minimum absolute atomic E-state index is 0.232. The zero-order valence-electron chi connectivity index (χ0n) is 22.4. The average Bonchev–Trinajstić information content (AvgIpc) is 3.52. The third-order valence-corrected chi connectivity index (χ3v) is 6.18. The summed E-state index contributed by atoms with van der Waals surface area (Å²) in [7, 11) is 1.53. The van der Waals surface area contributed by atoms with Gasteiger partial charge in [-0.25, -0.2) is 24.9 Å². The minimum Gasteiger partial charge on any atom is -0.480 e. The predicted molar refractivity (Wildman–Crippen MR) is 128 cm³/mol. The Morgan fingerprint density at radius 1 is 1.14 bits per heavy atom. The average molecular weight is 510 g/mol. The normalized spacial score (nSPS) is 15.4. The maximum atomic E-state index is 13.2. The number of fused-ring (bicyclic) bond motifs is 1. The van der Waals surface area contributed by atoms with Crippen LogP contribution in [0, 0.1) is 0 Å². The van der Waals surface area contributed by atoms with Crippen molar-refractivity contribution in [3.8, 4) is 28.7 Å². The predicted octanol–water partition coefficient (Wildman–Crippen LogP) is 4.71. The largest absolute Gasteiger partial charge is 0.480 e. The molecule has 0 aliphatic heterocycles. The van der Waals surface area contributed by atoms with Gasteiger partial charge in [-0.05, 0) is 18.4 Å². The quantitative estimate of drug-likeness (QED) is 0.353. The van der Waals surface area contributed by atoms with E-state index in [1.165, 1.54) is 25.6 Å². The fourth-order valence-electron chi connectivity index (χ4n) is 4.21. The van der Waals surface area contributed by atoms with Gasteiger partial charge in [0.05, 0.1) is 24.7 Å². The lowest BCUT2D eigenvalue weighted by Crippen LogP contribution is -2.04. The van der Waals surface area contributed by atoms with Crippen molar-refractivity contribution in [1.82, 2.24) is 39.7 Å². The zero-order chi connectivity index (χ0) is 28.2. The summed E-state index contributed by atoms with van der Waals surface area (Å²) in [5.41, 5.74) is 3.07. The van der Waals surface area contributed by atoms with Crippen molar-refractivity contribution in [1.29, 1.82) is 0 Å². The van der Waals surface area contributed by atoms with Gasteiger partial charge in [-0.3, -0.25) is 5.10 Å². The molecular weight excluding hydrogens is 485 g/mol. The van der Waals surface area contributed by atoms with Gasteiger partial charge in [0.15, 0.2) is 11.5 Å². The molecular formula is C25H21F3N8O. The summed E-state index contributed by atoms with van der Waals surface area (Å²) in [5, 5.41) is 7.31. The van der Waals surface area contributed by atoms with Crippen LogP contribution in [0.3, 0.4) is 0 Å². The molecule has 1 aliphatic rings. The summed E-state index contributed by atoms with van der Waals surface area (Å²) >= 11 is 0. The molecule has 6 rings (SSSR count). The van der Waals surface area contributed by atoms with Gasteiger partial charge in [0.1, 0.15) is 28.7 Å². The molecule has 0 atom stereocenters. The number of ether oxygens (including phenoxy) is 1. The molecule has 4 aromatic heterocycles. The van der Waals surface area contributed by atoms with E-state index >= 15 is 0 Å². The summed E-state index contributed by atoms with van der Waals surface area (Å²) in [6.07, 6.45) is 1.21. The van der Waals surface area contributed by atoms with Crippen LogP contribution in [0.15, 0.2) is 43.0 Å². The summed E-state index contributed by atoms with van der Waals surface area (Å²) in [5.74, 6) is 0.816. The number of rotatable bonds is 6. The standard InChI is InChI=1S/C25H21F3N8O/c1-36-11-18(25(26,27)28)32-23(36)15-5-3-13(4-6-15)9-16-21-17(35-34-16)10-29-22(33-21)19-20(14-7-8-14)30-12-31-24(19)37-2/h3-6,10-12,14H,7-9H2,1-2H3,(H,34,35)/i1D3. The molecule has 37 heavy (non-hydrogen) atoms. The van der Waals surface area contributed by atoms with E-state index in [4.69, 9.17) is 13.8 Å². The number of aryl methyl sites for hydroxylation is 1. The first-order chi connectivity index (χ1) is 19.0. The van der Waals surface area contributed by atoms with E-state index in [9.17, 15) is 13.2 Å². The number of aromatic amines is 1. The molecule has 5 aromatic rings. The van der Waals surface area contributed by atoms with Crippen LogP contribution in [0.1, 0.15) is 45.5 Å². The monoisotopic (exact) mass is 509 g/mol. The smallest absolute Gasteiger partial charge is 0.434 e. The van der Waals surface area contributed by atoms with E-state index in [0.717, 1.165) is 24.1 Å². The van der Waals surface area contributed by atoms with Gasteiger partial charge in [0.2, 0.25) is 5.88 Å². The Morgan fingerprint density at radius 3 is 2.65 bits per heavy atom. The van der Waals surface area contributed by atoms with E-state index in [2.05, 4.69) is 30.1 Å². The highest BCUT2D eigenvalue weighted by Gasteiger charge is 2.34. The van der Waals surface area contributed by atoms with Crippen molar-refractivity contribution in [2.75, 3.05) is 7.11 Å². The van der Waals surface area contributed by atoms with Crippen LogP contribution in [0.2, 0.25) is 0 Å². The fourth-order valence-corrected chi connectivity index (χ4v) is 4.21. The first-order valence-electron chi connectivity index (χ1n) is 12.9.